The fourth-order valence-electron chi connectivity index (χ4n) is 3.95. The van der Waals surface area contributed by atoms with Crippen LogP contribution in [0.1, 0.15) is 31.9 Å². The van der Waals surface area contributed by atoms with Crippen molar-refractivity contribution in [2.75, 3.05) is 18.0 Å². The molecule has 11 heteroatoms. The van der Waals surface area contributed by atoms with Crippen LogP contribution in [0.5, 0.6) is 5.75 Å². The summed E-state index contributed by atoms with van der Waals surface area (Å²) in [4.78, 5) is 28.1. The van der Waals surface area contributed by atoms with Gasteiger partial charge in [-0.1, -0.05) is 41.4 Å². The van der Waals surface area contributed by atoms with E-state index < -0.39 is 40.2 Å². The molecule has 0 bridgehead atoms. The van der Waals surface area contributed by atoms with Crippen molar-refractivity contribution in [3.63, 3.8) is 0 Å². The Labute approximate surface area is 239 Å². The molecule has 40 heavy (non-hydrogen) atoms. The van der Waals surface area contributed by atoms with Crippen LogP contribution >= 0.6 is 11.6 Å². The minimum atomic E-state index is -4.24. The van der Waals surface area contributed by atoms with Crippen LogP contribution in [-0.4, -0.2) is 50.9 Å². The van der Waals surface area contributed by atoms with E-state index >= 15 is 0 Å². The largest absolute Gasteiger partial charge is 0.495 e. The first-order valence-corrected chi connectivity index (χ1v) is 14.4. The molecule has 3 rings (SSSR count). The van der Waals surface area contributed by atoms with Gasteiger partial charge in [0.05, 0.1) is 22.7 Å². The predicted molar refractivity (Wildman–Crippen MR) is 153 cm³/mol. The van der Waals surface area contributed by atoms with Crippen molar-refractivity contribution in [3.8, 4) is 5.75 Å². The molecule has 2 amide bonds. The number of halogens is 2. The van der Waals surface area contributed by atoms with E-state index in [2.05, 4.69) is 5.32 Å². The van der Waals surface area contributed by atoms with Crippen molar-refractivity contribution in [1.82, 2.24) is 10.2 Å². The number of hydrogen-bond acceptors (Lipinski definition) is 5. The van der Waals surface area contributed by atoms with Crippen LogP contribution < -0.4 is 14.4 Å². The Morgan fingerprint density at radius 3 is 2.17 bits per heavy atom. The number of carbonyl (C=O) groups excluding carboxylic acids is 2. The van der Waals surface area contributed by atoms with E-state index in [1.165, 1.54) is 66.6 Å². The van der Waals surface area contributed by atoms with Crippen LogP contribution in [-0.2, 0) is 26.2 Å². The maximum Gasteiger partial charge on any atom is 0.264 e. The second kappa shape index (κ2) is 13.1. The molecule has 1 N–H and O–H groups in total. The van der Waals surface area contributed by atoms with Gasteiger partial charge in [0.25, 0.3) is 10.0 Å². The normalized spacial score (nSPS) is 12.1. The van der Waals surface area contributed by atoms with Crippen molar-refractivity contribution in [3.05, 3.63) is 88.7 Å². The van der Waals surface area contributed by atoms with Crippen molar-refractivity contribution in [1.29, 1.82) is 0 Å². The monoisotopic (exact) mass is 589 g/mol. The molecule has 0 aliphatic carbocycles. The number of benzene rings is 3. The molecule has 3 aromatic carbocycles. The molecule has 8 nitrogen and oxygen atoms in total. The SMILES string of the molecule is COc1ccc(N(CC(=O)N(Cc2ccc(F)cc2)[C@H](C)C(=O)NC(C)C)S(=O)(=O)c2ccc(C)cc2)cc1Cl. The molecule has 1 atom stereocenters. The predicted octanol–water partition coefficient (Wildman–Crippen LogP) is 4.93. The topological polar surface area (TPSA) is 96.0 Å². The fourth-order valence-corrected chi connectivity index (χ4v) is 5.61. The molecule has 3 aromatic rings. The van der Waals surface area contributed by atoms with Crippen LogP contribution in [0.3, 0.4) is 0 Å². The zero-order chi connectivity index (χ0) is 29.6. The molecule has 0 heterocycles. The van der Waals surface area contributed by atoms with Gasteiger partial charge in [0.15, 0.2) is 0 Å². The molecule has 0 aromatic heterocycles. The van der Waals surface area contributed by atoms with E-state index in [0.717, 1.165) is 9.87 Å². The zero-order valence-corrected chi connectivity index (χ0v) is 24.6. The molecular weight excluding hydrogens is 557 g/mol. The fraction of sp³-hybridized carbons (Fsp3) is 0.310. The minimum absolute atomic E-state index is 0.0199. The third-order valence-electron chi connectivity index (χ3n) is 6.18. The summed E-state index contributed by atoms with van der Waals surface area (Å²) >= 11 is 6.32. The maximum atomic E-state index is 13.9. The highest BCUT2D eigenvalue weighted by molar-refractivity contribution is 7.92. The second-order valence-corrected chi connectivity index (χ2v) is 11.9. The standard InChI is InChI=1S/C29H33ClFN3O5S/c1-19(2)32-29(36)21(4)33(17-22-8-10-23(31)11-9-22)28(35)18-34(24-12-15-27(39-5)26(30)16-24)40(37,38)25-13-6-20(3)7-14-25/h6-16,19,21H,17-18H2,1-5H3,(H,32,36)/t21-/m1/s1. The number of ether oxygens (including phenoxy) is 1. The van der Waals surface area contributed by atoms with Gasteiger partial charge in [-0.15, -0.1) is 0 Å². The van der Waals surface area contributed by atoms with Crippen molar-refractivity contribution in [2.45, 2.75) is 51.2 Å². The molecule has 0 aliphatic heterocycles. The highest BCUT2D eigenvalue weighted by atomic mass is 35.5. The van der Waals surface area contributed by atoms with Gasteiger partial charge in [-0.3, -0.25) is 13.9 Å². The summed E-state index contributed by atoms with van der Waals surface area (Å²) in [6.45, 7) is 6.30. The first-order chi connectivity index (χ1) is 18.8. The lowest BCUT2D eigenvalue weighted by Gasteiger charge is -2.32. The van der Waals surface area contributed by atoms with Crippen LogP contribution in [0.25, 0.3) is 0 Å². The van der Waals surface area contributed by atoms with E-state index in [0.29, 0.717) is 11.3 Å². The van der Waals surface area contributed by atoms with Crippen LogP contribution in [0.15, 0.2) is 71.6 Å². The Balaban J connectivity index is 2.06. The number of carbonyl (C=O) groups is 2. The van der Waals surface area contributed by atoms with Crippen molar-refractivity contribution in [2.24, 2.45) is 0 Å². The molecule has 0 saturated carbocycles. The second-order valence-electron chi connectivity index (χ2n) is 9.63. The highest BCUT2D eigenvalue weighted by Crippen LogP contribution is 2.32. The summed E-state index contributed by atoms with van der Waals surface area (Å²) in [5.41, 5.74) is 1.57. The van der Waals surface area contributed by atoms with Gasteiger partial charge in [-0.2, -0.15) is 0 Å². The van der Waals surface area contributed by atoms with Crippen molar-refractivity contribution < 1.29 is 27.1 Å². The summed E-state index contributed by atoms with van der Waals surface area (Å²) in [6.07, 6.45) is 0. The van der Waals surface area contributed by atoms with E-state index in [-0.39, 0.29) is 28.2 Å². The summed E-state index contributed by atoms with van der Waals surface area (Å²) in [5.74, 6) is -1.16. The third kappa shape index (κ3) is 7.51. The van der Waals surface area contributed by atoms with E-state index in [1.807, 2.05) is 6.92 Å². The van der Waals surface area contributed by atoms with Gasteiger partial charge in [0.2, 0.25) is 11.8 Å². The Morgan fingerprint density at radius 1 is 1.00 bits per heavy atom. The summed E-state index contributed by atoms with van der Waals surface area (Å²) in [7, 11) is -2.81. The average Bonchev–Trinajstić information content (AvgIpc) is 2.90. The maximum absolute atomic E-state index is 13.9. The van der Waals surface area contributed by atoms with Gasteiger partial charge in [0.1, 0.15) is 24.2 Å². The van der Waals surface area contributed by atoms with Gasteiger partial charge >= 0.3 is 0 Å². The Kier molecular flexibility index (Phi) is 10.2. The first kappa shape index (κ1) is 30.9. The number of methoxy groups -OCH3 is 1. The number of nitrogens with zero attached hydrogens (tertiary/aromatic N) is 2. The number of amides is 2. The third-order valence-corrected chi connectivity index (χ3v) is 8.26. The van der Waals surface area contributed by atoms with Gasteiger partial charge in [-0.25, -0.2) is 12.8 Å². The lowest BCUT2D eigenvalue weighted by molar-refractivity contribution is -0.139. The van der Waals surface area contributed by atoms with E-state index in [1.54, 1.807) is 32.9 Å². The Morgan fingerprint density at radius 2 is 1.62 bits per heavy atom. The Bertz CT molecular complexity index is 1450. The number of anilines is 1. The smallest absolute Gasteiger partial charge is 0.264 e. The molecular formula is C29H33ClFN3O5S. The lowest BCUT2D eigenvalue weighted by atomic mass is 10.1. The number of rotatable bonds is 11. The van der Waals surface area contributed by atoms with Gasteiger partial charge in [0, 0.05) is 12.6 Å². The quantitative estimate of drug-likeness (QED) is 0.342. The summed E-state index contributed by atoms with van der Waals surface area (Å²) in [5, 5.41) is 2.94. The molecule has 0 radical (unpaired) electrons. The summed E-state index contributed by atoms with van der Waals surface area (Å²) < 4.78 is 47.4. The number of hydrogen-bond donors (Lipinski definition) is 1. The van der Waals surface area contributed by atoms with Gasteiger partial charge < -0.3 is 15.0 Å². The molecule has 0 saturated heterocycles. The molecule has 0 spiro atoms. The van der Waals surface area contributed by atoms with Gasteiger partial charge in [-0.05, 0) is 75.7 Å². The number of aryl methyl sites for hydroxylation is 1. The molecule has 0 aliphatic rings. The van der Waals surface area contributed by atoms with Crippen molar-refractivity contribution >= 4 is 39.1 Å². The van der Waals surface area contributed by atoms with Crippen LogP contribution in [0.2, 0.25) is 5.02 Å². The Hall–Kier alpha value is -3.63. The molecule has 214 valence electrons. The minimum Gasteiger partial charge on any atom is -0.495 e. The van der Waals surface area contributed by atoms with E-state index in [4.69, 9.17) is 16.3 Å². The number of nitrogens with one attached hydrogen (secondary N) is 1. The average molecular weight is 590 g/mol. The highest BCUT2D eigenvalue weighted by Gasteiger charge is 2.33. The number of sulfonamides is 1. The van der Waals surface area contributed by atoms with E-state index in [9.17, 15) is 22.4 Å². The lowest BCUT2D eigenvalue weighted by Crippen LogP contribution is -2.52. The molecule has 0 unspecified atom stereocenters. The first-order valence-electron chi connectivity index (χ1n) is 12.6. The zero-order valence-electron chi connectivity index (χ0n) is 23.0. The van der Waals surface area contributed by atoms with Crippen LogP contribution in [0.4, 0.5) is 10.1 Å². The van der Waals surface area contributed by atoms with Crippen LogP contribution in [0, 0.1) is 12.7 Å². The molecule has 0 fully saturated rings. The summed E-state index contributed by atoms with van der Waals surface area (Å²) in [6, 6.07) is 15.0.